The molecule has 29 heavy (non-hydrogen) atoms. The number of thioether (sulfide) groups is 1. The van der Waals surface area contributed by atoms with E-state index in [1.54, 1.807) is 23.7 Å². The van der Waals surface area contributed by atoms with Crippen molar-refractivity contribution in [2.75, 3.05) is 41.4 Å². The van der Waals surface area contributed by atoms with E-state index in [4.69, 9.17) is 4.74 Å². The average Bonchev–Trinajstić information content (AvgIpc) is 2.78. The van der Waals surface area contributed by atoms with Crippen LogP contribution < -0.4 is 13.9 Å². The van der Waals surface area contributed by atoms with Crippen LogP contribution in [0.2, 0.25) is 0 Å². The van der Waals surface area contributed by atoms with Crippen LogP contribution in [0.1, 0.15) is 17.3 Å². The lowest BCUT2D eigenvalue weighted by Gasteiger charge is -2.31. The van der Waals surface area contributed by atoms with Gasteiger partial charge < -0.3 is 13.9 Å². The molecule has 1 aliphatic rings. The molecule has 3 rings (SSSR count). The highest BCUT2D eigenvalue weighted by Gasteiger charge is 2.27. The molecule has 4 nitrogen and oxygen atoms in total. The zero-order valence-corrected chi connectivity index (χ0v) is 18.7. The predicted molar refractivity (Wildman–Crippen MR) is 127 cm³/mol. The smallest absolute Gasteiger partial charge is 0.260 e. The molecule has 1 amide bonds. The van der Waals surface area contributed by atoms with E-state index in [-0.39, 0.29) is 5.91 Å². The molecule has 6 heteroatoms. The Bertz CT molecular complexity index is 927. The van der Waals surface area contributed by atoms with Crippen LogP contribution >= 0.6 is 23.7 Å². The van der Waals surface area contributed by atoms with Crippen LogP contribution in [-0.2, 0) is 0 Å². The fourth-order valence-corrected chi connectivity index (χ4v) is 4.43. The second-order valence-corrected chi connectivity index (χ2v) is 8.45. The van der Waals surface area contributed by atoms with Gasteiger partial charge in [-0.15, -0.1) is 11.8 Å². The summed E-state index contributed by atoms with van der Waals surface area (Å²) >= 11 is 3.31. The van der Waals surface area contributed by atoms with Crippen LogP contribution in [0, 0.1) is 0 Å². The molecule has 0 N–H and O–H groups in total. The number of hydrogen-bond acceptors (Lipinski definition) is 5. The van der Waals surface area contributed by atoms with Crippen LogP contribution in [0.3, 0.4) is 0 Å². The highest BCUT2D eigenvalue weighted by atomic mass is 32.2. The van der Waals surface area contributed by atoms with Gasteiger partial charge in [0.05, 0.1) is 23.5 Å². The monoisotopic (exact) mass is 426 g/mol. The molecule has 2 aromatic carbocycles. The third-order valence-corrected chi connectivity index (χ3v) is 6.64. The first-order valence-electron chi connectivity index (χ1n) is 9.45. The summed E-state index contributed by atoms with van der Waals surface area (Å²) in [5.74, 6) is 1.61. The Morgan fingerprint density at radius 2 is 2.10 bits per heavy atom. The Labute approximate surface area is 181 Å². The fourth-order valence-electron chi connectivity index (χ4n) is 3.10. The van der Waals surface area contributed by atoms with Gasteiger partial charge in [0.1, 0.15) is 12.4 Å². The number of anilines is 2. The zero-order chi connectivity index (χ0) is 20.8. The second-order valence-electron chi connectivity index (χ2n) is 6.49. The quantitative estimate of drug-likeness (QED) is 0.324. The third kappa shape index (κ3) is 4.82. The van der Waals surface area contributed by atoms with Gasteiger partial charge in [-0.2, -0.15) is 0 Å². The lowest BCUT2D eigenvalue weighted by molar-refractivity contribution is 0.0977. The van der Waals surface area contributed by atoms with Crippen molar-refractivity contribution < 1.29 is 9.53 Å². The summed E-state index contributed by atoms with van der Waals surface area (Å²) in [6.45, 7) is 6.88. The summed E-state index contributed by atoms with van der Waals surface area (Å²) < 4.78 is 7.89. The van der Waals surface area contributed by atoms with Crippen molar-refractivity contribution in [2.24, 2.45) is 0 Å². The summed E-state index contributed by atoms with van der Waals surface area (Å²) in [6.07, 6.45) is 5.94. The maximum Gasteiger partial charge on any atom is 0.260 e. The SMILES string of the molecule is C=C/C(=C\C)CSc1ccc2c(c1)OCCN2C(=O)c1ccccc1N(C)SC. The molecule has 152 valence electrons. The molecule has 0 saturated heterocycles. The first-order chi connectivity index (χ1) is 14.1. The summed E-state index contributed by atoms with van der Waals surface area (Å²) in [7, 11) is 1.97. The van der Waals surface area contributed by atoms with Gasteiger partial charge in [-0.3, -0.25) is 4.79 Å². The summed E-state index contributed by atoms with van der Waals surface area (Å²) in [5, 5.41) is 0. The Morgan fingerprint density at radius 1 is 1.31 bits per heavy atom. The molecule has 0 aliphatic carbocycles. The first kappa shape index (κ1) is 21.4. The number of amides is 1. The molecule has 0 atom stereocenters. The van der Waals surface area contributed by atoms with Gasteiger partial charge in [0.2, 0.25) is 0 Å². The van der Waals surface area contributed by atoms with Gasteiger partial charge in [0.15, 0.2) is 0 Å². The summed E-state index contributed by atoms with van der Waals surface area (Å²) in [4.78, 5) is 16.3. The van der Waals surface area contributed by atoms with Crippen LogP contribution in [0.25, 0.3) is 0 Å². The van der Waals surface area contributed by atoms with Gasteiger partial charge in [-0.1, -0.05) is 42.8 Å². The third-order valence-electron chi connectivity index (χ3n) is 4.83. The molecule has 0 unspecified atom stereocenters. The Morgan fingerprint density at radius 3 is 2.83 bits per heavy atom. The Hall–Kier alpha value is -2.31. The fraction of sp³-hybridized carbons (Fsp3) is 0.261. The molecule has 0 saturated carbocycles. The van der Waals surface area contributed by atoms with Crippen LogP contribution in [0.5, 0.6) is 5.75 Å². The van der Waals surface area contributed by atoms with Crippen molar-refractivity contribution in [1.82, 2.24) is 0 Å². The molecule has 0 spiro atoms. The zero-order valence-electron chi connectivity index (χ0n) is 17.1. The van der Waals surface area contributed by atoms with Gasteiger partial charge in [0, 0.05) is 24.0 Å². The molecule has 1 heterocycles. The summed E-state index contributed by atoms with van der Waals surface area (Å²) in [5.41, 5.74) is 3.62. The normalized spacial score (nSPS) is 13.5. The molecule has 0 bridgehead atoms. The standard InChI is InChI=1S/C23H26N2O2S2/c1-5-17(6-2)16-29-18-11-12-21-22(15-18)27-14-13-25(21)23(26)19-9-7-8-10-20(19)24(3)28-4/h5-12,15H,1,13-14,16H2,2-4H3/b17-6+. The number of nitrogens with zero attached hydrogens (tertiary/aromatic N) is 2. The van der Waals surface area contributed by atoms with Crippen molar-refractivity contribution in [3.63, 3.8) is 0 Å². The van der Waals surface area contributed by atoms with Crippen molar-refractivity contribution in [3.05, 3.63) is 72.3 Å². The van der Waals surface area contributed by atoms with E-state index in [1.807, 2.05) is 71.9 Å². The molecule has 0 radical (unpaired) electrons. The predicted octanol–water partition coefficient (Wildman–Crippen LogP) is 5.66. The van der Waals surface area contributed by atoms with E-state index in [2.05, 4.69) is 18.7 Å². The largest absolute Gasteiger partial charge is 0.489 e. The van der Waals surface area contributed by atoms with E-state index < -0.39 is 0 Å². The molecule has 0 fully saturated rings. The van der Waals surface area contributed by atoms with Gasteiger partial charge in [-0.05, 0) is 42.8 Å². The minimum absolute atomic E-state index is 0.00527. The van der Waals surface area contributed by atoms with E-state index in [9.17, 15) is 4.79 Å². The number of allylic oxidation sites excluding steroid dienone is 2. The highest BCUT2D eigenvalue weighted by Crippen LogP contribution is 2.37. The number of carbonyl (C=O) groups excluding carboxylic acids is 1. The maximum absolute atomic E-state index is 13.4. The number of para-hydroxylation sites is 1. The molecule has 1 aliphatic heterocycles. The summed E-state index contributed by atoms with van der Waals surface area (Å²) in [6, 6.07) is 13.8. The minimum Gasteiger partial charge on any atom is -0.489 e. The van der Waals surface area contributed by atoms with E-state index in [1.165, 1.54) is 5.57 Å². The Kier molecular flexibility index (Phi) is 7.34. The number of benzene rings is 2. The topological polar surface area (TPSA) is 32.8 Å². The number of carbonyl (C=O) groups is 1. The number of ether oxygens (including phenoxy) is 1. The first-order valence-corrected chi connectivity index (χ1v) is 11.6. The van der Waals surface area contributed by atoms with Gasteiger partial charge >= 0.3 is 0 Å². The lowest BCUT2D eigenvalue weighted by atomic mass is 10.1. The van der Waals surface area contributed by atoms with Gasteiger partial charge in [0.25, 0.3) is 5.91 Å². The van der Waals surface area contributed by atoms with Crippen LogP contribution in [0.4, 0.5) is 11.4 Å². The average molecular weight is 427 g/mol. The van der Waals surface area contributed by atoms with Crippen molar-refractivity contribution >= 4 is 41.0 Å². The lowest BCUT2D eigenvalue weighted by Crippen LogP contribution is -2.38. The van der Waals surface area contributed by atoms with Crippen molar-refractivity contribution in [2.45, 2.75) is 11.8 Å². The van der Waals surface area contributed by atoms with Crippen LogP contribution in [0.15, 0.2) is 71.7 Å². The minimum atomic E-state index is -0.00527. The highest BCUT2D eigenvalue weighted by molar-refractivity contribution is 8.00. The molecule has 0 aromatic heterocycles. The number of hydrogen-bond donors (Lipinski definition) is 0. The maximum atomic E-state index is 13.4. The number of fused-ring (bicyclic) bond motifs is 1. The van der Waals surface area contributed by atoms with Crippen molar-refractivity contribution in [3.8, 4) is 5.75 Å². The molecular weight excluding hydrogens is 400 g/mol. The van der Waals surface area contributed by atoms with E-state index >= 15 is 0 Å². The van der Waals surface area contributed by atoms with E-state index in [0.29, 0.717) is 18.7 Å². The second kappa shape index (κ2) is 9.94. The van der Waals surface area contributed by atoms with E-state index in [0.717, 1.165) is 27.8 Å². The van der Waals surface area contributed by atoms with Crippen molar-refractivity contribution in [1.29, 1.82) is 0 Å². The van der Waals surface area contributed by atoms with Gasteiger partial charge in [-0.25, -0.2) is 0 Å². The number of rotatable bonds is 7. The van der Waals surface area contributed by atoms with Crippen LogP contribution in [-0.4, -0.2) is 38.1 Å². The molecule has 2 aromatic rings. The Balaban J connectivity index is 1.86. The molecular formula is C23H26N2O2S2.